The van der Waals surface area contributed by atoms with Crippen LogP contribution in [-0.4, -0.2) is 53.7 Å². The highest BCUT2D eigenvalue weighted by atomic mass is 16.4. The number of piperidine rings is 1. The van der Waals surface area contributed by atoms with Crippen molar-refractivity contribution in [2.24, 2.45) is 5.92 Å². The second-order valence-electron chi connectivity index (χ2n) is 5.42. The van der Waals surface area contributed by atoms with Crippen molar-refractivity contribution in [3.8, 4) is 0 Å². The predicted molar refractivity (Wildman–Crippen MR) is 77.7 cm³/mol. The Kier molecular flexibility index (Phi) is 6.78. The number of rotatable bonds is 6. The van der Waals surface area contributed by atoms with Gasteiger partial charge >= 0.3 is 12.0 Å². The van der Waals surface area contributed by atoms with Crippen LogP contribution in [0, 0.1) is 5.92 Å². The van der Waals surface area contributed by atoms with E-state index in [2.05, 4.69) is 10.6 Å². The van der Waals surface area contributed by atoms with E-state index in [1.807, 2.05) is 20.8 Å². The first-order valence-corrected chi connectivity index (χ1v) is 7.51. The molecule has 0 aromatic rings. The average Bonchev–Trinajstić information content (AvgIpc) is 2.45. The van der Waals surface area contributed by atoms with Gasteiger partial charge in [0.1, 0.15) is 6.04 Å². The van der Waals surface area contributed by atoms with Crippen molar-refractivity contribution in [1.82, 2.24) is 15.5 Å². The number of urea groups is 1. The van der Waals surface area contributed by atoms with Gasteiger partial charge in [-0.25, -0.2) is 9.59 Å². The molecule has 1 saturated heterocycles. The first kappa shape index (κ1) is 16.8. The van der Waals surface area contributed by atoms with Gasteiger partial charge < -0.3 is 20.6 Å². The molecule has 20 heavy (non-hydrogen) atoms. The lowest BCUT2D eigenvalue weighted by Gasteiger charge is -2.35. The molecule has 116 valence electrons. The number of hydrogen-bond donors (Lipinski definition) is 3. The number of carboxylic acids is 1. The SMILES string of the molecule is CCC(C)C(NC(=O)N(CC)C1CCNCC1)C(=O)O. The summed E-state index contributed by atoms with van der Waals surface area (Å²) < 4.78 is 0. The maximum Gasteiger partial charge on any atom is 0.326 e. The van der Waals surface area contributed by atoms with E-state index in [1.54, 1.807) is 4.90 Å². The topological polar surface area (TPSA) is 81.7 Å². The molecule has 0 aromatic heterocycles. The Hall–Kier alpha value is -1.30. The Morgan fingerprint density at radius 1 is 1.35 bits per heavy atom. The number of carboxylic acid groups (broad SMARTS) is 1. The van der Waals surface area contributed by atoms with Gasteiger partial charge in [-0.2, -0.15) is 0 Å². The van der Waals surface area contributed by atoms with Crippen molar-refractivity contribution >= 4 is 12.0 Å². The van der Waals surface area contributed by atoms with Gasteiger partial charge in [-0.3, -0.25) is 0 Å². The summed E-state index contributed by atoms with van der Waals surface area (Å²) in [5.41, 5.74) is 0. The number of amides is 2. The van der Waals surface area contributed by atoms with Crippen LogP contribution in [0.15, 0.2) is 0 Å². The van der Waals surface area contributed by atoms with E-state index in [-0.39, 0.29) is 18.0 Å². The summed E-state index contributed by atoms with van der Waals surface area (Å²) in [5, 5.41) is 15.2. The van der Waals surface area contributed by atoms with E-state index in [4.69, 9.17) is 0 Å². The van der Waals surface area contributed by atoms with E-state index in [0.717, 1.165) is 32.4 Å². The van der Waals surface area contributed by atoms with E-state index >= 15 is 0 Å². The Labute approximate surface area is 120 Å². The molecule has 0 aromatic carbocycles. The molecular formula is C14H27N3O3. The van der Waals surface area contributed by atoms with Crippen LogP contribution in [0.1, 0.15) is 40.0 Å². The first-order valence-electron chi connectivity index (χ1n) is 7.51. The highest BCUT2D eigenvalue weighted by Gasteiger charge is 2.30. The number of nitrogens with one attached hydrogen (secondary N) is 2. The first-order chi connectivity index (χ1) is 9.51. The minimum absolute atomic E-state index is 0.0804. The summed E-state index contributed by atoms with van der Waals surface area (Å²) in [7, 11) is 0. The van der Waals surface area contributed by atoms with Gasteiger partial charge in [0.15, 0.2) is 0 Å². The highest BCUT2D eigenvalue weighted by Crippen LogP contribution is 2.14. The molecule has 2 amide bonds. The lowest BCUT2D eigenvalue weighted by molar-refractivity contribution is -0.140. The molecule has 1 fully saturated rings. The molecule has 2 unspecified atom stereocenters. The molecule has 1 aliphatic rings. The van der Waals surface area contributed by atoms with Crippen LogP contribution in [0.25, 0.3) is 0 Å². The zero-order chi connectivity index (χ0) is 15.1. The van der Waals surface area contributed by atoms with Crippen LogP contribution in [0.5, 0.6) is 0 Å². The van der Waals surface area contributed by atoms with Crippen LogP contribution in [-0.2, 0) is 4.79 Å². The van der Waals surface area contributed by atoms with Gasteiger partial charge in [0.25, 0.3) is 0 Å². The summed E-state index contributed by atoms with van der Waals surface area (Å²) in [6.45, 7) is 8.12. The minimum Gasteiger partial charge on any atom is -0.480 e. The maximum absolute atomic E-state index is 12.3. The van der Waals surface area contributed by atoms with Gasteiger partial charge in [-0.05, 0) is 38.8 Å². The van der Waals surface area contributed by atoms with Crippen molar-refractivity contribution in [3.63, 3.8) is 0 Å². The fourth-order valence-corrected chi connectivity index (χ4v) is 2.59. The third-order valence-corrected chi connectivity index (χ3v) is 4.11. The third-order valence-electron chi connectivity index (χ3n) is 4.11. The normalized spacial score (nSPS) is 19.1. The van der Waals surface area contributed by atoms with E-state index in [0.29, 0.717) is 6.54 Å². The monoisotopic (exact) mass is 285 g/mol. The van der Waals surface area contributed by atoms with Crippen molar-refractivity contribution in [2.75, 3.05) is 19.6 Å². The van der Waals surface area contributed by atoms with Crippen LogP contribution >= 0.6 is 0 Å². The van der Waals surface area contributed by atoms with Crippen molar-refractivity contribution in [3.05, 3.63) is 0 Å². The molecule has 1 rings (SSSR count). The molecule has 0 saturated carbocycles. The lowest BCUT2D eigenvalue weighted by atomic mass is 9.99. The summed E-state index contributed by atoms with van der Waals surface area (Å²) in [4.78, 5) is 25.4. The second kappa shape index (κ2) is 8.09. The molecule has 6 nitrogen and oxygen atoms in total. The van der Waals surface area contributed by atoms with Crippen molar-refractivity contribution < 1.29 is 14.7 Å². The van der Waals surface area contributed by atoms with Crippen LogP contribution in [0.2, 0.25) is 0 Å². The zero-order valence-electron chi connectivity index (χ0n) is 12.7. The Bertz CT molecular complexity index is 330. The molecule has 6 heteroatoms. The molecule has 0 aliphatic carbocycles. The Morgan fingerprint density at radius 3 is 2.40 bits per heavy atom. The van der Waals surface area contributed by atoms with Crippen LogP contribution in [0.4, 0.5) is 4.79 Å². The lowest BCUT2D eigenvalue weighted by Crippen LogP contribution is -2.54. The fourth-order valence-electron chi connectivity index (χ4n) is 2.59. The smallest absolute Gasteiger partial charge is 0.326 e. The summed E-state index contributed by atoms with van der Waals surface area (Å²) >= 11 is 0. The zero-order valence-corrected chi connectivity index (χ0v) is 12.7. The van der Waals surface area contributed by atoms with Gasteiger partial charge in [0.2, 0.25) is 0 Å². The number of nitrogens with zero attached hydrogens (tertiary/aromatic N) is 1. The summed E-state index contributed by atoms with van der Waals surface area (Å²) in [5.74, 6) is -1.04. The Morgan fingerprint density at radius 2 is 1.95 bits per heavy atom. The van der Waals surface area contributed by atoms with Crippen LogP contribution < -0.4 is 10.6 Å². The third kappa shape index (κ3) is 4.37. The van der Waals surface area contributed by atoms with E-state index in [9.17, 15) is 14.7 Å². The number of carbonyl (C=O) groups is 2. The largest absolute Gasteiger partial charge is 0.480 e. The van der Waals surface area contributed by atoms with Crippen molar-refractivity contribution in [1.29, 1.82) is 0 Å². The van der Waals surface area contributed by atoms with Crippen molar-refractivity contribution in [2.45, 2.75) is 52.1 Å². The molecule has 3 N–H and O–H groups in total. The standard InChI is InChI=1S/C14H27N3O3/c1-4-10(3)12(13(18)19)16-14(20)17(5-2)11-6-8-15-9-7-11/h10-12,15H,4-9H2,1-3H3,(H,16,20)(H,18,19). The number of aliphatic carboxylic acids is 1. The highest BCUT2D eigenvalue weighted by molar-refractivity contribution is 5.83. The molecule has 2 atom stereocenters. The fraction of sp³-hybridized carbons (Fsp3) is 0.857. The molecule has 0 spiro atoms. The maximum atomic E-state index is 12.3. The van der Waals surface area contributed by atoms with Gasteiger partial charge in [0.05, 0.1) is 0 Å². The van der Waals surface area contributed by atoms with E-state index in [1.165, 1.54) is 0 Å². The van der Waals surface area contributed by atoms with Crippen LogP contribution in [0.3, 0.4) is 0 Å². The van der Waals surface area contributed by atoms with E-state index < -0.39 is 12.0 Å². The summed E-state index contributed by atoms with van der Waals surface area (Å²) in [6, 6.07) is -0.872. The summed E-state index contributed by atoms with van der Waals surface area (Å²) in [6.07, 6.45) is 2.56. The molecule has 1 heterocycles. The van der Waals surface area contributed by atoms with Gasteiger partial charge in [-0.1, -0.05) is 20.3 Å². The minimum atomic E-state index is -0.964. The van der Waals surface area contributed by atoms with Gasteiger partial charge in [-0.15, -0.1) is 0 Å². The van der Waals surface area contributed by atoms with Gasteiger partial charge in [0, 0.05) is 12.6 Å². The quantitative estimate of drug-likeness (QED) is 0.686. The predicted octanol–water partition coefficient (Wildman–Crippen LogP) is 1.27. The molecule has 0 bridgehead atoms. The number of hydrogen-bond acceptors (Lipinski definition) is 3. The molecule has 1 aliphatic heterocycles. The average molecular weight is 285 g/mol. The second-order valence-corrected chi connectivity index (χ2v) is 5.42. The number of carbonyl (C=O) groups excluding carboxylic acids is 1. The Balaban J connectivity index is 2.67. The molecule has 0 radical (unpaired) electrons. The molecular weight excluding hydrogens is 258 g/mol.